The fourth-order valence-corrected chi connectivity index (χ4v) is 4.90. The van der Waals surface area contributed by atoms with Gasteiger partial charge in [-0.15, -0.1) is 0 Å². The first kappa shape index (κ1) is 20.6. The minimum atomic E-state index is 0.126. The second-order valence-electron chi connectivity index (χ2n) is 7.64. The SMILES string of the molecule is CCSCCN1CCC(N2CCC[C@H](C(=O)NCc3ccccn3)C2)CC1. The fraction of sp³-hybridized carbons (Fsp3) is 0.714. The maximum absolute atomic E-state index is 12.6. The Labute approximate surface area is 168 Å². The molecule has 1 amide bonds. The molecule has 0 aromatic carbocycles. The van der Waals surface area contributed by atoms with Crippen LogP contribution in [0.4, 0.5) is 0 Å². The van der Waals surface area contributed by atoms with Gasteiger partial charge in [0.05, 0.1) is 18.2 Å². The zero-order chi connectivity index (χ0) is 18.9. The number of piperidine rings is 2. The van der Waals surface area contributed by atoms with Gasteiger partial charge in [0.2, 0.25) is 5.91 Å². The number of nitrogens with zero attached hydrogens (tertiary/aromatic N) is 3. The number of nitrogens with one attached hydrogen (secondary N) is 1. The molecule has 27 heavy (non-hydrogen) atoms. The summed E-state index contributed by atoms with van der Waals surface area (Å²) in [6.07, 6.45) is 6.42. The van der Waals surface area contributed by atoms with Crippen LogP contribution in [0, 0.1) is 5.92 Å². The molecule has 2 aliphatic rings. The Morgan fingerprint density at radius 1 is 1.26 bits per heavy atom. The maximum atomic E-state index is 12.6. The van der Waals surface area contributed by atoms with E-state index in [2.05, 4.69) is 27.0 Å². The molecule has 3 heterocycles. The summed E-state index contributed by atoms with van der Waals surface area (Å²) in [4.78, 5) is 22.1. The third-order valence-corrected chi connectivity index (χ3v) is 6.70. The van der Waals surface area contributed by atoms with Crippen LogP contribution in [0.3, 0.4) is 0 Å². The highest BCUT2D eigenvalue weighted by atomic mass is 32.2. The highest BCUT2D eigenvalue weighted by molar-refractivity contribution is 7.99. The van der Waals surface area contributed by atoms with E-state index in [0.29, 0.717) is 12.6 Å². The number of thioether (sulfide) groups is 1. The Morgan fingerprint density at radius 2 is 2.11 bits per heavy atom. The maximum Gasteiger partial charge on any atom is 0.224 e. The van der Waals surface area contributed by atoms with E-state index in [0.717, 1.165) is 31.6 Å². The molecule has 2 saturated heterocycles. The zero-order valence-corrected chi connectivity index (χ0v) is 17.4. The van der Waals surface area contributed by atoms with Gasteiger partial charge in [0.15, 0.2) is 0 Å². The van der Waals surface area contributed by atoms with Crippen LogP contribution in [0.25, 0.3) is 0 Å². The first-order chi connectivity index (χ1) is 13.3. The van der Waals surface area contributed by atoms with E-state index in [-0.39, 0.29) is 11.8 Å². The lowest BCUT2D eigenvalue weighted by Crippen LogP contribution is -2.51. The molecule has 0 aliphatic carbocycles. The van der Waals surface area contributed by atoms with Gasteiger partial charge in [-0.1, -0.05) is 13.0 Å². The summed E-state index contributed by atoms with van der Waals surface area (Å²) in [7, 11) is 0. The van der Waals surface area contributed by atoms with Crippen LogP contribution in [0.5, 0.6) is 0 Å². The minimum Gasteiger partial charge on any atom is -0.350 e. The van der Waals surface area contributed by atoms with Crippen molar-refractivity contribution in [2.24, 2.45) is 5.92 Å². The molecule has 2 aliphatic heterocycles. The van der Waals surface area contributed by atoms with Crippen LogP contribution in [0.2, 0.25) is 0 Å². The summed E-state index contributed by atoms with van der Waals surface area (Å²) in [6, 6.07) is 6.48. The van der Waals surface area contributed by atoms with Gasteiger partial charge in [0.1, 0.15) is 0 Å². The molecule has 3 rings (SSSR count). The fourth-order valence-electron chi connectivity index (χ4n) is 4.22. The number of hydrogen-bond acceptors (Lipinski definition) is 5. The van der Waals surface area contributed by atoms with Crippen molar-refractivity contribution >= 4 is 17.7 Å². The van der Waals surface area contributed by atoms with Crippen molar-refractivity contribution in [3.63, 3.8) is 0 Å². The van der Waals surface area contributed by atoms with Crippen molar-refractivity contribution in [1.82, 2.24) is 20.1 Å². The van der Waals surface area contributed by atoms with Crippen molar-refractivity contribution in [3.8, 4) is 0 Å². The zero-order valence-electron chi connectivity index (χ0n) is 16.6. The molecule has 5 nitrogen and oxygen atoms in total. The van der Waals surface area contributed by atoms with Crippen molar-refractivity contribution in [2.45, 2.75) is 45.2 Å². The molecule has 2 fully saturated rings. The molecule has 1 atom stereocenters. The number of rotatable bonds is 8. The Balaban J connectivity index is 1.40. The summed E-state index contributed by atoms with van der Waals surface area (Å²) in [5.74, 6) is 2.79. The molecule has 1 N–H and O–H groups in total. The third-order valence-electron chi connectivity index (χ3n) is 5.82. The van der Waals surface area contributed by atoms with E-state index in [4.69, 9.17) is 0 Å². The quantitative estimate of drug-likeness (QED) is 0.692. The van der Waals surface area contributed by atoms with E-state index in [9.17, 15) is 4.79 Å². The summed E-state index contributed by atoms with van der Waals surface area (Å²) in [5.41, 5.74) is 0.923. The van der Waals surface area contributed by atoms with Crippen LogP contribution in [0.1, 0.15) is 38.3 Å². The van der Waals surface area contributed by atoms with E-state index >= 15 is 0 Å². The molecule has 150 valence electrons. The molecule has 0 spiro atoms. The number of hydrogen-bond donors (Lipinski definition) is 1. The molecule has 0 radical (unpaired) electrons. The third kappa shape index (κ3) is 6.47. The molecule has 0 unspecified atom stereocenters. The van der Waals surface area contributed by atoms with Gasteiger partial charge in [-0.25, -0.2) is 0 Å². The molecule has 0 saturated carbocycles. The van der Waals surface area contributed by atoms with Gasteiger partial charge < -0.3 is 10.2 Å². The summed E-state index contributed by atoms with van der Waals surface area (Å²) >= 11 is 2.04. The second-order valence-corrected chi connectivity index (χ2v) is 9.04. The molecular weight excluding hydrogens is 356 g/mol. The molecule has 1 aromatic heterocycles. The number of aromatic nitrogens is 1. The number of amides is 1. The normalized spacial score (nSPS) is 22.6. The van der Waals surface area contributed by atoms with Crippen molar-refractivity contribution < 1.29 is 4.79 Å². The lowest BCUT2D eigenvalue weighted by Gasteiger charge is -2.42. The Morgan fingerprint density at radius 3 is 2.85 bits per heavy atom. The van der Waals surface area contributed by atoms with Gasteiger partial charge in [0, 0.05) is 31.1 Å². The second kappa shape index (κ2) is 11.0. The van der Waals surface area contributed by atoms with Gasteiger partial charge >= 0.3 is 0 Å². The largest absolute Gasteiger partial charge is 0.350 e. The van der Waals surface area contributed by atoms with Gasteiger partial charge in [-0.3, -0.25) is 14.7 Å². The molecular formula is C21H34N4OS. The van der Waals surface area contributed by atoms with Crippen LogP contribution in [-0.4, -0.2) is 71.0 Å². The van der Waals surface area contributed by atoms with Crippen LogP contribution < -0.4 is 5.32 Å². The Bertz CT molecular complexity index is 563. The van der Waals surface area contributed by atoms with Gasteiger partial charge in [0.25, 0.3) is 0 Å². The van der Waals surface area contributed by atoms with E-state index in [1.54, 1.807) is 6.20 Å². The topological polar surface area (TPSA) is 48.5 Å². The highest BCUT2D eigenvalue weighted by Gasteiger charge is 2.31. The summed E-state index contributed by atoms with van der Waals surface area (Å²) in [6.45, 7) is 8.49. The van der Waals surface area contributed by atoms with Crippen molar-refractivity contribution in [3.05, 3.63) is 30.1 Å². The predicted octanol–water partition coefficient (Wildman–Crippen LogP) is 2.63. The first-order valence-corrected chi connectivity index (χ1v) is 11.6. The van der Waals surface area contributed by atoms with E-state index in [1.807, 2.05) is 30.0 Å². The average molecular weight is 391 g/mol. The monoisotopic (exact) mass is 390 g/mol. The molecule has 1 aromatic rings. The first-order valence-electron chi connectivity index (χ1n) is 10.5. The van der Waals surface area contributed by atoms with E-state index in [1.165, 1.54) is 44.0 Å². The minimum absolute atomic E-state index is 0.126. The molecule has 0 bridgehead atoms. The van der Waals surface area contributed by atoms with E-state index < -0.39 is 0 Å². The number of pyridine rings is 1. The smallest absolute Gasteiger partial charge is 0.224 e. The highest BCUT2D eigenvalue weighted by Crippen LogP contribution is 2.24. The number of carbonyl (C=O) groups is 1. The van der Waals surface area contributed by atoms with Crippen molar-refractivity contribution in [2.75, 3.05) is 44.2 Å². The van der Waals surface area contributed by atoms with Crippen LogP contribution in [-0.2, 0) is 11.3 Å². The molecule has 6 heteroatoms. The van der Waals surface area contributed by atoms with Crippen molar-refractivity contribution in [1.29, 1.82) is 0 Å². The average Bonchev–Trinajstić information content (AvgIpc) is 2.73. The number of carbonyl (C=O) groups excluding carboxylic acids is 1. The van der Waals surface area contributed by atoms with Gasteiger partial charge in [-0.2, -0.15) is 11.8 Å². The Kier molecular flexibility index (Phi) is 8.42. The number of likely N-dealkylation sites (tertiary alicyclic amines) is 2. The van der Waals surface area contributed by atoms with Crippen LogP contribution >= 0.6 is 11.8 Å². The Hall–Kier alpha value is -1.11. The lowest BCUT2D eigenvalue weighted by atomic mass is 9.93. The standard InChI is InChI=1S/C21H34N4OS/c1-2-27-15-14-24-12-8-20(9-13-24)25-11-5-6-18(17-25)21(26)23-16-19-7-3-4-10-22-19/h3-4,7,10,18,20H,2,5-6,8-9,11-17H2,1H3,(H,23,26)/t18-/m0/s1. The summed E-state index contributed by atoms with van der Waals surface area (Å²) < 4.78 is 0. The predicted molar refractivity (Wildman–Crippen MR) is 113 cm³/mol. The lowest BCUT2D eigenvalue weighted by molar-refractivity contribution is -0.127. The van der Waals surface area contributed by atoms with Gasteiger partial charge in [-0.05, 0) is 63.2 Å². The van der Waals surface area contributed by atoms with Crippen LogP contribution in [0.15, 0.2) is 24.4 Å². The summed E-state index contributed by atoms with van der Waals surface area (Å²) in [5, 5.41) is 3.09.